The van der Waals surface area contributed by atoms with Crippen LogP contribution in [0.3, 0.4) is 0 Å². The largest absolute Gasteiger partial charge is 0.385 e. The average molecular weight is 393 g/mol. The highest BCUT2D eigenvalue weighted by Crippen LogP contribution is 2.25. The molecule has 2 N–H and O–H groups in total. The topological polar surface area (TPSA) is 76.0 Å². The van der Waals surface area contributed by atoms with E-state index in [1.807, 2.05) is 37.4 Å². The van der Waals surface area contributed by atoms with Crippen LogP contribution < -0.4 is 10.0 Å². The number of hydrogen-bond acceptors (Lipinski definition) is 4. The maximum atomic E-state index is 12.0. The smallest absolute Gasteiger partial charge is 0.214 e. The van der Waals surface area contributed by atoms with Crippen molar-refractivity contribution in [1.29, 1.82) is 0 Å². The van der Waals surface area contributed by atoms with E-state index in [1.165, 1.54) is 0 Å². The molecule has 0 saturated heterocycles. The quantitative estimate of drug-likeness (QED) is 0.632. The predicted molar refractivity (Wildman–Crippen MR) is 111 cm³/mol. The Labute approximate surface area is 163 Å². The van der Waals surface area contributed by atoms with Gasteiger partial charge in [0.05, 0.1) is 10.9 Å². The van der Waals surface area contributed by atoms with Crippen LogP contribution in [0.1, 0.15) is 46.5 Å². The molecule has 150 valence electrons. The van der Waals surface area contributed by atoms with Crippen LogP contribution in [0, 0.1) is 5.92 Å². The Kier molecular flexibility index (Phi) is 7.86. The summed E-state index contributed by atoms with van der Waals surface area (Å²) < 4.78 is 28.6. The fourth-order valence-electron chi connectivity index (χ4n) is 3.07. The third-order valence-corrected chi connectivity index (χ3v) is 6.86. The van der Waals surface area contributed by atoms with Gasteiger partial charge >= 0.3 is 0 Å². The van der Waals surface area contributed by atoms with Crippen molar-refractivity contribution in [2.24, 2.45) is 5.92 Å². The SMILES string of the molecule is C=C(/C=C\C(=C/C)NCC1CCC(NS(=O)(=O)C(C)C)CC1)n1cccn1. The van der Waals surface area contributed by atoms with Crippen molar-refractivity contribution < 1.29 is 8.42 Å². The highest BCUT2D eigenvalue weighted by molar-refractivity contribution is 7.90. The number of aromatic nitrogens is 2. The Morgan fingerprint density at radius 3 is 2.56 bits per heavy atom. The Balaban J connectivity index is 1.76. The van der Waals surface area contributed by atoms with E-state index in [0.29, 0.717) is 5.92 Å². The lowest BCUT2D eigenvalue weighted by atomic mass is 9.86. The fraction of sp³-hybridized carbons (Fsp3) is 0.550. The molecular formula is C20H32N4O2S. The molecule has 1 fully saturated rings. The summed E-state index contributed by atoms with van der Waals surface area (Å²) in [6.45, 7) is 10.3. The molecule has 0 aliphatic heterocycles. The summed E-state index contributed by atoms with van der Waals surface area (Å²) in [6.07, 6.45) is 13.4. The molecule has 0 aromatic carbocycles. The average Bonchev–Trinajstić information content (AvgIpc) is 3.17. The van der Waals surface area contributed by atoms with Crippen LogP contribution in [-0.4, -0.2) is 36.0 Å². The van der Waals surface area contributed by atoms with E-state index < -0.39 is 10.0 Å². The normalized spacial score (nSPS) is 21.7. The van der Waals surface area contributed by atoms with Gasteiger partial charge in [-0.15, -0.1) is 0 Å². The molecule has 1 aromatic heterocycles. The first kappa shape index (κ1) is 21.4. The molecule has 2 rings (SSSR count). The van der Waals surface area contributed by atoms with E-state index >= 15 is 0 Å². The molecule has 0 atom stereocenters. The zero-order chi connectivity index (χ0) is 19.9. The van der Waals surface area contributed by atoms with E-state index in [0.717, 1.165) is 43.6 Å². The minimum absolute atomic E-state index is 0.0760. The van der Waals surface area contributed by atoms with Gasteiger partial charge in [0.1, 0.15) is 0 Å². The molecule has 7 heteroatoms. The van der Waals surface area contributed by atoms with Gasteiger partial charge < -0.3 is 5.32 Å². The van der Waals surface area contributed by atoms with Gasteiger partial charge in [-0.2, -0.15) is 5.10 Å². The Hall–Kier alpha value is -1.86. The van der Waals surface area contributed by atoms with E-state index in [-0.39, 0.29) is 11.3 Å². The van der Waals surface area contributed by atoms with Crippen molar-refractivity contribution in [3.8, 4) is 0 Å². The standard InChI is InChI=1S/C20H32N4O2S/c1-5-19(10-7-17(4)24-14-6-13-22-24)21-15-18-8-11-20(12-9-18)23-27(25,26)16(2)3/h5-7,10,13-14,16,18,20-21,23H,4,8-9,11-12,15H2,1-3H3/b10-7-,19-5+. The molecule has 0 radical (unpaired) electrons. The third-order valence-electron chi connectivity index (χ3n) is 4.96. The molecule has 0 unspecified atom stereocenters. The van der Waals surface area contributed by atoms with Crippen LogP contribution in [0.2, 0.25) is 0 Å². The number of rotatable bonds is 9. The summed E-state index contributed by atoms with van der Waals surface area (Å²) in [5, 5.41) is 7.27. The van der Waals surface area contributed by atoms with Gasteiger partial charge in [0.2, 0.25) is 10.0 Å². The lowest BCUT2D eigenvalue weighted by Crippen LogP contribution is -2.41. The van der Waals surface area contributed by atoms with E-state index in [1.54, 1.807) is 24.7 Å². The predicted octanol–water partition coefficient (Wildman–Crippen LogP) is 3.29. The van der Waals surface area contributed by atoms with Crippen LogP contribution in [0.25, 0.3) is 5.70 Å². The Bertz CT molecular complexity index is 756. The highest BCUT2D eigenvalue weighted by atomic mass is 32.2. The molecule has 27 heavy (non-hydrogen) atoms. The minimum atomic E-state index is -3.18. The van der Waals surface area contributed by atoms with Gasteiger partial charge in [0.25, 0.3) is 0 Å². The zero-order valence-electron chi connectivity index (χ0n) is 16.6. The van der Waals surface area contributed by atoms with Gasteiger partial charge in [0.15, 0.2) is 0 Å². The van der Waals surface area contributed by atoms with Crippen LogP contribution in [0.4, 0.5) is 0 Å². The first-order valence-electron chi connectivity index (χ1n) is 9.60. The van der Waals surface area contributed by atoms with Crippen molar-refractivity contribution in [3.63, 3.8) is 0 Å². The van der Waals surface area contributed by atoms with E-state index in [4.69, 9.17) is 0 Å². The van der Waals surface area contributed by atoms with Crippen molar-refractivity contribution in [2.45, 2.75) is 57.7 Å². The van der Waals surface area contributed by atoms with E-state index in [2.05, 4.69) is 21.7 Å². The van der Waals surface area contributed by atoms with Gasteiger partial charge in [-0.25, -0.2) is 17.8 Å². The Morgan fingerprint density at radius 1 is 1.30 bits per heavy atom. The van der Waals surface area contributed by atoms with Gasteiger partial charge in [-0.05, 0) is 70.6 Å². The summed E-state index contributed by atoms with van der Waals surface area (Å²) in [6, 6.07) is 1.94. The molecule has 6 nitrogen and oxygen atoms in total. The fourth-order valence-corrected chi connectivity index (χ4v) is 4.05. The minimum Gasteiger partial charge on any atom is -0.385 e. The molecule has 1 aromatic rings. The lowest BCUT2D eigenvalue weighted by molar-refractivity contribution is 0.308. The molecule has 0 bridgehead atoms. The summed E-state index contributed by atoms with van der Waals surface area (Å²) >= 11 is 0. The lowest BCUT2D eigenvalue weighted by Gasteiger charge is -2.30. The van der Waals surface area contributed by atoms with Crippen molar-refractivity contribution in [3.05, 3.63) is 49.0 Å². The number of nitrogens with one attached hydrogen (secondary N) is 2. The van der Waals surface area contributed by atoms with Crippen molar-refractivity contribution in [2.75, 3.05) is 6.54 Å². The molecule has 1 saturated carbocycles. The molecule has 0 amide bonds. The molecule has 0 spiro atoms. The number of hydrogen-bond donors (Lipinski definition) is 2. The van der Waals surface area contributed by atoms with Crippen LogP contribution in [0.5, 0.6) is 0 Å². The maximum Gasteiger partial charge on any atom is 0.214 e. The summed E-state index contributed by atoms with van der Waals surface area (Å²) in [5.74, 6) is 0.558. The maximum absolute atomic E-state index is 12.0. The molecule has 1 aliphatic rings. The number of allylic oxidation sites excluding steroid dienone is 4. The molecule has 1 heterocycles. The second-order valence-corrected chi connectivity index (χ2v) is 9.60. The van der Waals surface area contributed by atoms with E-state index in [9.17, 15) is 8.42 Å². The summed E-state index contributed by atoms with van der Waals surface area (Å²) in [4.78, 5) is 0. The van der Waals surface area contributed by atoms with Crippen LogP contribution in [0.15, 0.2) is 49.0 Å². The van der Waals surface area contributed by atoms with Crippen molar-refractivity contribution in [1.82, 2.24) is 19.8 Å². The molecular weight excluding hydrogens is 360 g/mol. The number of nitrogens with zero attached hydrogens (tertiary/aromatic N) is 2. The van der Waals surface area contributed by atoms with Gasteiger partial charge in [-0.3, -0.25) is 0 Å². The molecule has 1 aliphatic carbocycles. The monoisotopic (exact) mass is 392 g/mol. The number of sulfonamides is 1. The third kappa shape index (κ3) is 6.66. The Morgan fingerprint density at radius 2 is 2.00 bits per heavy atom. The van der Waals surface area contributed by atoms with Gasteiger partial charge in [0, 0.05) is 30.7 Å². The van der Waals surface area contributed by atoms with Gasteiger partial charge in [-0.1, -0.05) is 12.7 Å². The second kappa shape index (κ2) is 9.90. The van der Waals surface area contributed by atoms with Crippen molar-refractivity contribution >= 4 is 15.7 Å². The van der Waals surface area contributed by atoms with Crippen LogP contribution >= 0.6 is 0 Å². The summed E-state index contributed by atoms with van der Waals surface area (Å²) in [5.41, 5.74) is 1.85. The first-order valence-corrected chi connectivity index (χ1v) is 11.1. The second-order valence-electron chi connectivity index (χ2n) is 7.33. The van der Waals surface area contributed by atoms with Crippen LogP contribution in [-0.2, 0) is 10.0 Å². The zero-order valence-corrected chi connectivity index (χ0v) is 17.4. The first-order chi connectivity index (χ1) is 12.8. The highest BCUT2D eigenvalue weighted by Gasteiger charge is 2.26. The summed E-state index contributed by atoms with van der Waals surface area (Å²) in [7, 11) is -3.18.